The molecule has 1 rings (SSSR count). The first kappa shape index (κ1) is 17.5. The average molecular weight is 300 g/mol. The van der Waals surface area contributed by atoms with Crippen LogP contribution in [0.2, 0.25) is 0 Å². The summed E-state index contributed by atoms with van der Waals surface area (Å²) in [6, 6.07) is 3.41. The lowest BCUT2D eigenvalue weighted by molar-refractivity contribution is 0.0176. The summed E-state index contributed by atoms with van der Waals surface area (Å²) < 4.78 is 26.2. The molecule has 0 aliphatic rings. The highest BCUT2D eigenvalue weighted by atomic mass is 16.6. The minimum absolute atomic E-state index is 0.391. The van der Waals surface area contributed by atoms with Crippen molar-refractivity contribution in [2.24, 2.45) is 0 Å². The normalized spacial score (nSPS) is 10.6. The van der Waals surface area contributed by atoms with Gasteiger partial charge >= 0.3 is 0 Å². The third-order valence-corrected chi connectivity index (χ3v) is 2.43. The highest BCUT2D eigenvalue weighted by molar-refractivity contribution is 5.49. The van der Waals surface area contributed by atoms with Crippen LogP contribution in [0.4, 0.5) is 5.69 Å². The van der Waals surface area contributed by atoms with Crippen molar-refractivity contribution >= 4 is 5.69 Å². The van der Waals surface area contributed by atoms with Gasteiger partial charge in [0.25, 0.3) is 0 Å². The van der Waals surface area contributed by atoms with E-state index in [1.165, 1.54) is 0 Å². The van der Waals surface area contributed by atoms with E-state index in [1.54, 1.807) is 19.2 Å². The van der Waals surface area contributed by atoms with Crippen molar-refractivity contribution in [3.05, 3.63) is 12.1 Å². The summed E-state index contributed by atoms with van der Waals surface area (Å²) in [5.41, 5.74) is 6.22. The van der Waals surface area contributed by atoms with Crippen molar-refractivity contribution in [2.45, 2.75) is 6.92 Å². The molecule has 0 aromatic carbocycles. The van der Waals surface area contributed by atoms with Crippen LogP contribution in [-0.2, 0) is 14.2 Å². The molecule has 0 aliphatic carbocycles. The van der Waals surface area contributed by atoms with Crippen LogP contribution in [0.15, 0.2) is 12.1 Å². The second-order valence-corrected chi connectivity index (χ2v) is 4.04. The molecule has 0 amide bonds. The molecule has 120 valence electrons. The standard InChI is InChI=1S/C14H24N2O5/c1-3-20-14-12(15)4-5-13(16-14)21-11-10-19-9-8-18-7-6-17-2/h4-5H,3,6-11,15H2,1-2H3. The number of rotatable bonds is 12. The minimum atomic E-state index is 0.391. The van der Waals surface area contributed by atoms with Crippen LogP contribution >= 0.6 is 0 Å². The summed E-state index contributed by atoms with van der Waals surface area (Å²) in [7, 11) is 1.64. The topological polar surface area (TPSA) is 85.1 Å². The largest absolute Gasteiger partial charge is 0.476 e. The van der Waals surface area contributed by atoms with Crippen molar-refractivity contribution in [3.8, 4) is 11.8 Å². The molecular weight excluding hydrogens is 276 g/mol. The predicted octanol–water partition coefficient (Wildman–Crippen LogP) is 1.12. The number of hydrogen-bond donors (Lipinski definition) is 1. The van der Waals surface area contributed by atoms with Crippen LogP contribution in [0.5, 0.6) is 11.8 Å². The van der Waals surface area contributed by atoms with Gasteiger partial charge in [-0.1, -0.05) is 0 Å². The first-order valence-electron chi connectivity index (χ1n) is 6.94. The van der Waals surface area contributed by atoms with Crippen molar-refractivity contribution in [3.63, 3.8) is 0 Å². The molecule has 1 heterocycles. The lowest BCUT2D eigenvalue weighted by Crippen LogP contribution is -2.12. The maximum absolute atomic E-state index is 5.73. The van der Waals surface area contributed by atoms with E-state index in [2.05, 4.69) is 4.98 Å². The van der Waals surface area contributed by atoms with Gasteiger partial charge < -0.3 is 29.4 Å². The van der Waals surface area contributed by atoms with Crippen LogP contribution in [0.1, 0.15) is 6.92 Å². The molecule has 0 spiro atoms. The number of hydrogen-bond acceptors (Lipinski definition) is 7. The quantitative estimate of drug-likeness (QED) is 0.579. The molecule has 2 N–H and O–H groups in total. The Morgan fingerprint density at radius 3 is 2.29 bits per heavy atom. The highest BCUT2D eigenvalue weighted by Gasteiger charge is 2.04. The van der Waals surface area contributed by atoms with E-state index in [1.807, 2.05) is 6.92 Å². The first-order valence-corrected chi connectivity index (χ1v) is 6.94. The summed E-state index contributed by atoms with van der Waals surface area (Å²) in [6.45, 7) is 5.47. The fourth-order valence-corrected chi connectivity index (χ4v) is 1.44. The third-order valence-electron chi connectivity index (χ3n) is 2.43. The Morgan fingerprint density at radius 2 is 1.62 bits per heavy atom. The zero-order valence-corrected chi connectivity index (χ0v) is 12.7. The van der Waals surface area contributed by atoms with E-state index in [9.17, 15) is 0 Å². The lowest BCUT2D eigenvalue weighted by Gasteiger charge is -2.09. The second-order valence-electron chi connectivity index (χ2n) is 4.04. The summed E-state index contributed by atoms with van der Waals surface area (Å²) in [4.78, 5) is 4.17. The molecule has 1 aromatic heterocycles. The van der Waals surface area contributed by atoms with Gasteiger partial charge in [0.1, 0.15) is 6.61 Å². The van der Waals surface area contributed by atoms with E-state index < -0.39 is 0 Å². The number of aromatic nitrogens is 1. The second kappa shape index (κ2) is 11.1. The molecule has 1 aromatic rings. The summed E-state index contributed by atoms with van der Waals surface area (Å²) >= 11 is 0. The molecule has 0 saturated carbocycles. The van der Waals surface area contributed by atoms with Crippen molar-refractivity contribution in [1.29, 1.82) is 0 Å². The van der Waals surface area contributed by atoms with E-state index in [0.29, 0.717) is 63.7 Å². The zero-order chi connectivity index (χ0) is 15.3. The van der Waals surface area contributed by atoms with Crippen molar-refractivity contribution in [2.75, 3.05) is 59.1 Å². The van der Waals surface area contributed by atoms with Gasteiger partial charge in [0.05, 0.1) is 45.3 Å². The summed E-state index contributed by atoms with van der Waals surface area (Å²) in [5, 5.41) is 0. The SMILES string of the molecule is CCOc1nc(OCCOCCOCCOC)ccc1N. The van der Waals surface area contributed by atoms with Crippen LogP contribution < -0.4 is 15.2 Å². The summed E-state index contributed by atoms with van der Waals surface area (Å²) in [5.74, 6) is 0.857. The van der Waals surface area contributed by atoms with Crippen molar-refractivity contribution < 1.29 is 23.7 Å². The molecule has 0 bridgehead atoms. The molecule has 0 radical (unpaired) electrons. The van der Waals surface area contributed by atoms with Gasteiger partial charge in [-0.3, -0.25) is 0 Å². The van der Waals surface area contributed by atoms with Gasteiger partial charge in [0.2, 0.25) is 11.8 Å². The van der Waals surface area contributed by atoms with Crippen LogP contribution in [0, 0.1) is 0 Å². The van der Waals surface area contributed by atoms with Crippen molar-refractivity contribution in [1.82, 2.24) is 4.98 Å². The van der Waals surface area contributed by atoms with Gasteiger partial charge in [0.15, 0.2) is 0 Å². The fourth-order valence-electron chi connectivity index (χ4n) is 1.44. The smallest absolute Gasteiger partial charge is 0.240 e. The fraction of sp³-hybridized carbons (Fsp3) is 0.643. The van der Waals surface area contributed by atoms with Crippen LogP contribution in [0.3, 0.4) is 0 Å². The minimum Gasteiger partial charge on any atom is -0.476 e. The zero-order valence-electron chi connectivity index (χ0n) is 12.7. The first-order chi connectivity index (χ1) is 10.3. The Balaban J connectivity index is 2.11. The maximum Gasteiger partial charge on any atom is 0.240 e. The average Bonchev–Trinajstić information content (AvgIpc) is 2.49. The number of nitrogens with two attached hydrogens (primary N) is 1. The van der Waals surface area contributed by atoms with Crippen LogP contribution in [0.25, 0.3) is 0 Å². The van der Waals surface area contributed by atoms with Gasteiger partial charge in [-0.2, -0.15) is 4.98 Å². The third kappa shape index (κ3) is 7.69. The van der Waals surface area contributed by atoms with Gasteiger partial charge in [-0.05, 0) is 13.0 Å². The Labute approximate surface area is 125 Å². The molecule has 7 nitrogen and oxygen atoms in total. The Bertz CT molecular complexity index is 390. The number of ether oxygens (including phenoxy) is 5. The van der Waals surface area contributed by atoms with Gasteiger partial charge in [0, 0.05) is 13.2 Å². The molecule has 7 heteroatoms. The molecule has 0 saturated heterocycles. The lowest BCUT2D eigenvalue weighted by atomic mass is 10.4. The van der Waals surface area contributed by atoms with Crippen LogP contribution in [-0.4, -0.2) is 58.3 Å². The molecular formula is C14H24N2O5. The van der Waals surface area contributed by atoms with Gasteiger partial charge in [-0.25, -0.2) is 0 Å². The Kier molecular flexibility index (Phi) is 9.26. The molecule has 0 fully saturated rings. The number of anilines is 1. The number of pyridine rings is 1. The van der Waals surface area contributed by atoms with E-state index in [-0.39, 0.29) is 0 Å². The predicted molar refractivity (Wildman–Crippen MR) is 78.8 cm³/mol. The molecule has 0 atom stereocenters. The number of nitrogen functional groups attached to an aromatic ring is 1. The van der Waals surface area contributed by atoms with E-state index in [4.69, 9.17) is 29.4 Å². The van der Waals surface area contributed by atoms with E-state index in [0.717, 1.165) is 0 Å². The molecule has 21 heavy (non-hydrogen) atoms. The highest BCUT2D eigenvalue weighted by Crippen LogP contribution is 2.21. The Morgan fingerprint density at radius 1 is 0.952 bits per heavy atom. The number of nitrogens with zero attached hydrogens (tertiary/aromatic N) is 1. The van der Waals surface area contributed by atoms with E-state index >= 15 is 0 Å². The Hall–Kier alpha value is -1.57. The number of methoxy groups -OCH3 is 1. The maximum atomic E-state index is 5.73. The van der Waals surface area contributed by atoms with Gasteiger partial charge in [-0.15, -0.1) is 0 Å². The molecule has 0 unspecified atom stereocenters. The molecule has 0 aliphatic heterocycles. The monoisotopic (exact) mass is 300 g/mol. The summed E-state index contributed by atoms with van der Waals surface area (Å²) in [6.07, 6.45) is 0.